The molecular formula is C20H23N3O3. The van der Waals surface area contributed by atoms with Crippen molar-refractivity contribution in [2.75, 3.05) is 12.1 Å². The maximum atomic E-state index is 12.9. The SMILES string of the molecule is CC1CCC2N(C)C(=O)c3c(O)c(=O)ccn3N2C1(C)c1ccccc1. The lowest BCUT2D eigenvalue weighted by Gasteiger charge is -2.59. The van der Waals surface area contributed by atoms with Gasteiger partial charge in [0.15, 0.2) is 11.4 Å². The van der Waals surface area contributed by atoms with Crippen LogP contribution in [0, 0.1) is 5.92 Å². The highest BCUT2D eigenvalue weighted by atomic mass is 16.3. The Morgan fingerprint density at radius 1 is 1.12 bits per heavy atom. The van der Waals surface area contributed by atoms with Crippen molar-refractivity contribution in [1.29, 1.82) is 0 Å². The van der Waals surface area contributed by atoms with Crippen molar-refractivity contribution in [1.82, 2.24) is 9.58 Å². The second kappa shape index (κ2) is 5.62. The Labute approximate surface area is 152 Å². The predicted molar refractivity (Wildman–Crippen MR) is 98.7 cm³/mol. The molecule has 1 fully saturated rings. The number of carbonyl (C=O) groups is 1. The van der Waals surface area contributed by atoms with Gasteiger partial charge in [-0.3, -0.25) is 19.3 Å². The van der Waals surface area contributed by atoms with Crippen molar-refractivity contribution < 1.29 is 9.90 Å². The molecule has 136 valence electrons. The molecule has 0 aliphatic carbocycles. The summed E-state index contributed by atoms with van der Waals surface area (Å²) in [5.41, 5.74) is 0.245. The minimum atomic E-state index is -0.539. The number of aromatic nitrogens is 1. The molecule has 2 aromatic rings. The number of amides is 1. The summed E-state index contributed by atoms with van der Waals surface area (Å²) >= 11 is 0. The fraction of sp³-hybridized carbons (Fsp3) is 0.400. The van der Waals surface area contributed by atoms with E-state index >= 15 is 0 Å². The van der Waals surface area contributed by atoms with Crippen molar-refractivity contribution in [3.8, 4) is 5.75 Å². The van der Waals surface area contributed by atoms with E-state index in [9.17, 15) is 14.7 Å². The summed E-state index contributed by atoms with van der Waals surface area (Å²) in [5.74, 6) is -0.500. The van der Waals surface area contributed by atoms with Crippen LogP contribution in [0.2, 0.25) is 0 Å². The molecule has 2 aliphatic heterocycles. The van der Waals surface area contributed by atoms with Crippen molar-refractivity contribution in [3.63, 3.8) is 0 Å². The number of pyridine rings is 1. The lowest BCUT2D eigenvalue weighted by atomic mass is 9.74. The number of rotatable bonds is 1. The van der Waals surface area contributed by atoms with E-state index in [1.807, 2.05) is 18.2 Å². The standard InChI is InChI=1S/C20H23N3O3/c1-13-9-10-16-21(3)19(26)17-18(25)15(24)11-12-22(17)23(16)20(13,2)14-7-5-4-6-8-14/h4-8,11-13,16,25H,9-10H2,1-3H3. The first-order valence-corrected chi connectivity index (χ1v) is 8.94. The van der Waals surface area contributed by atoms with Gasteiger partial charge in [-0.05, 0) is 31.2 Å². The van der Waals surface area contributed by atoms with Crippen molar-refractivity contribution >= 4 is 5.91 Å². The van der Waals surface area contributed by atoms with Crippen molar-refractivity contribution in [2.24, 2.45) is 5.92 Å². The Bertz CT molecular complexity index is 924. The molecule has 3 atom stereocenters. The van der Waals surface area contributed by atoms with Crippen LogP contribution in [0.1, 0.15) is 42.7 Å². The number of nitrogens with zero attached hydrogens (tertiary/aromatic N) is 3. The van der Waals surface area contributed by atoms with Gasteiger partial charge in [-0.1, -0.05) is 37.3 Å². The molecule has 0 radical (unpaired) electrons. The molecule has 1 N–H and O–H groups in total. The number of hydrogen-bond acceptors (Lipinski definition) is 4. The van der Waals surface area contributed by atoms with E-state index in [-0.39, 0.29) is 17.8 Å². The van der Waals surface area contributed by atoms with Gasteiger partial charge in [0, 0.05) is 19.3 Å². The lowest BCUT2D eigenvalue weighted by molar-refractivity contribution is 0.0357. The molecule has 2 aliphatic rings. The zero-order chi connectivity index (χ0) is 18.6. The third-order valence-corrected chi connectivity index (χ3v) is 6.19. The maximum Gasteiger partial charge on any atom is 0.277 e. The lowest BCUT2D eigenvalue weighted by Crippen LogP contribution is -2.70. The van der Waals surface area contributed by atoms with E-state index in [0.29, 0.717) is 5.92 Å². The predicted octanol–water partition coefficient (Wildman–Crippen LogP) is 2.25. The van der Waals surface area contributed by atoms with Crippen LogP contribution in [0.25, 0.3) is 0 Å². The Balaban J connectivity index is 2.01. The van der Waals surface area contributed by atoms with Gasteiger partial charge in [0.2, 0.25) is 5.43 Å². The zero-order valence-electron chi connectivity index (χ0n) is 15.2. The molecule has 4 rings (SSSR count). The normalized spacial score (nSPS) is 27.9. The number of fused-ring (bicyclic) bond motifs is 3. The molecule has 6 nitrogen and oxygen atoms in total. The quantitative estimate of drug-likeness (QED) is 0.854. The summed E-state index contributed by atoms with van der Waals surface area (Å²) in [6.07, 6.45) is 3.27. The average Bonchev–Trinajstić information content (AvgIpc) is 2.65. The smallest absolute Gasteiger partial charge is 0.277 e. The fourth-order valence-corrected chi connectivity index (χ4v) is 4.45. The first-order chi connectivity index (χ1) is 12.4. The number of hydrogen-bond donors (Lipinski definition) is 1. The minimum Gasteiger partial charge on any atom is -0.502 e. The number of benzene rings is 1. The molecular weight excluding hydrogens is 330 g/mol. The van der Waals surface area contributed by atoms with Crippen LogP contribution in [0.4, 0.5) is 0 Å². The summed E-state index contributed by atoms with van der Waals surface area (Å²) in [4.78, 5) is 26.4. The first kappa shape index (κ1) is 16.7. The van der Waals surface area contributed by atoms with Gasteiger partial charge in [-0.2, -0.15) is 0 Å². The highest BCUT2D eigenvalue weighted by Gasteiger charge is 2.51. The molecule has 1 aromatic heterocycles. The van der Waals surface area contributed by atoms with E-state index < -0.39 is 16.7 Å². The summed E-state index contributed by atoms with van der Waals surface area (Å²) in [5, 5.41) is 12.5. The van der Waals surface area contributed by atoms with Gasteiger partial charge < -0.3 is 10.0 Å². The Morgan fingerprint density at radius 3 is 2.50 bits per heavy atom. The van der Waals surface area contributed by atoms with Crippen LogP contribution in [0.5, 0.6) is 5.75 Å². The van der Waals surface area contributed by atoms with Crippen LogP contribution >= 0.6 is 0 Å². The monoisotopic (exact) mass is 353 g/mol. The number of carbonyl (C=O) groups excluding carboxylic acids is 1. The van der Waals surface area contributed by atoms with Crippen LogP contribution in [0.3, 0.4) is 0 Å². The Hall–Kier alpha value is -2.76. The molecule has 1 saturated heterocycles. The largest absolute Gasteiger partial charge is 0.502 e. The third-order valence-electron chi connectivity index (χ3n) is 6.19. The summed E-state index contributed by atoms with van der Waals surface area (Å²) in [6.45, 7) is 4.38. The highest BCUT2D eigenvalue weighted by Crippen LogP contribution is 2.45. The van der Waals surface area contributed by atoms with Crippen LogP contribution in [-0.2, 0) is 5.54 Å². The van der Waals surface area contributed by atoms with E-state index in [2.05, 4.69) is 31.0 Å². The Morgan fingerprint density at radius 2 is 1.81 bits per heavy atom. The second-order valence-corrected chi connectivity index (χ2v) is 7.45. The molecule has 0 bridgehead atoms. The number of piperidine rings is 1. The molecule has 0 spiro atoms. The third kappa shape index (κ3) is 2.04. The zero-order valence-corrected chi connectivity index (χ0v) is 15.2. The van der Waals surface area contributed by atoms with Gasteiger partial charge in [0.1, 0.15) is 6.17 Å². The molecule has 0 saturated carbocycles. The average molecular weight is 353 g/mol. The molecule has 1 aromatic carbocycles. The van der Waals surface area contributed by atoms with Gasteiger partial charge in [-0.15, -0.1) is 0 Å². The molecule has 3 unspecified atom stereocenters. The second-order valence-electron chi connectivity index (χ2n) is 7.45. The van der Waals surface area contributed by atoms with Crippen molar-refractivity contribution in [2.45, 2.75) is 38.4 Å². The molecule has 6 heteroatoms. The van der Waals surface area contributed by atoms with Gasteiger partial charge >= 0.3 is 0 Å². The summed E-state index contributed by atoms with van der Waals surface area (Å²) < 4.78 is 1.69. The van der Waals surface area contributed by atoms with Gasteiger partial charge in [0.05, 0.1) is 5.54 Å². The van der Waals surface area contributed by atoms with E-state index in [1.165, 1.54) is 6.07 Å². The highest BCUT2D eigenvalue weighted by molar-refractivity contribution is 5.96. The van der Waals surface area contributed by atoms with Crippen LogP contribution in [-0.4, -0.2) is 33.8 Å². The van der Waals surface area contributed by atoms with Crippen molar-refractivity contribution in [3.05, 3.63) is 64.1 Å². The van der Waals surface area contributed by atoms with E-state index in [0.717, 1.165) is 18.4 Å². The first-order valence-electron chi connectivity index (χ1n) is 8.94. The fourth-order valence-electron chi connectivity index (χ4n) is 4.45. The topological polar surface area (TPSA) is 65.8 Å². The molecule has 26 heavy (non-hydrogen) atoms. The van der Waals surface area contributed by atoms with Gasteiger partial charge in [0.25, 0.3) is 5.91 Å². The summed E-state index contributed by atoms with van der Waals surface area (Å²) in [7, 11) is 1.74. The summed E-state index contributed by atoms with van der Waals surface area (Å²) in [6, 6.07) is 11.5. The van der Waals surface area contributed by atoms with Crippen LogP contribution in [0.15, 0.2) is 47.4 Å². The molecule has 1 amide bonds. The molecule has 3 heterocycles. The van der Waals surface area contributed by atoms with Crippen LogP contribution < -0.4 is 10.4 Å². The Kier molecular flexibility index (Phi) is 3.61. The van der Waals surface area contributed by atoms with E-state index in [1.54, 1.807) is 22.8 Å². The maximum absolute atomic E-state index is 12.9. The van der Waals surface area contributed by atoms with E-state index in [4.69, 9.17) is 0 Å². The minimum absolute atomic E-state index is 0.0347. The number of aromatic hydroxyl groups is 1. The van der Waals surface area contributed by atoms with Gasteiger partial charge in [-0.25, -0.2) is 0 Å².